The second kappa shape index (κ2) is 5.11. The van der Waals surface area contributed by atoms with Crippen LogP contribution in [0.25, 0.3) is 0 Å². The summed E-state index contributed by atoms with van der Waals surface area (Å²) in [5, 5.41) is 13.6. The molecule has 0 saturated carbocycles. The summed E-state index contributed by atoms with van der Waals surface area (Å²) >= 11 is 0. The van der Waals surface area contributed by atoms with Gasteiger partial charge in [0.15, 0.2) is 0 Å². The van der Waals surface area contributed by atoms with Crippen LogP contribution in [0, 0.1) is 10.1 Å². The number of hydrogen-bond donors (Lipinski definition) is 2. The Kier molecular flexibility index (Phi) is 3.82. The second-order valence-corrected chi connectivity index (χ2v) is 3.66. The Balaban J connectivity index is 3.11. The van der Waals surface area contributed by atoms with Crippen molar-refractivity contribution >= 4 is 17.3 Å². The molecule has 0 aliphatic rings. The maximum absolute atomic E-state index is 11.0. The number of carbonyl (C=O) groups is 1. The minimum Gasteiger partial charge on any atom is -0.376 e. The molecule has 0 fully saturated rings. The molecule has 6 heteroatoms. The van der Waals surface area contributed by atoms with E-state index in [4.69, 9.17) is 5.73 Å². The Morgan fingerprint density at radius 2 is 2.24 bits per heavy atom. The first-order chi connectivity index (χ1) is 7.91. The maximum atomic E-state index is 11.0. The van der Waals surface area contributed by atoms with Crippen molar-refractivity contribution in [2.24, 2.45) is 5.73 Å². The van der Waals surface area contributed by atoms with Gasteiger partial charge >= 0.3 is 0 Å². The number of nitro groups is 1. The first kappa shape index (κ1) is 12.7. The average molecular weight is 235 g/mol. The molecule has 0 unspecified atom stereocenters. The highest BCUT2D eigenvalue weighted by molar-refractivity contribution is 5.94. The van der Waals surface area contributed by atoms with E-state index in [1.54, 1.807) is 6.92 Å². The van der Waals surface area contributed by atoms with Gasteiger partial charge in [-0.3, -0.25) is 14.9 Å². The molecule has 0 heterocycles. The molecule has 3 N–H and O–H groups in total. The Morgan fingerprint density at radius 1 is 1.59 bits per heavy atom. The van der Waals surface area contributed by atoms with Crippen molar-refractivity contribution in [2.45, 2.75) is 6.92 Å². The Hall–Kier alpha value is -2.37. The topological polar surface area (TPSA) is 98.3 Å². The van der Waals surface area contributed by atoms with Crippen LogP contribution in [0.5, 0.6) is 0 Å². The summed E-state index contributed by atoms with van der Waals surface area (Å²) in [5.41, 5.74) is 6.31. The molecule has 90 valence electrons. The Morgan fingerprint density at radius 3 is 2.71 bits per heavy atom. The lowest BCUT2D eigenvalue weighted by molar-refractivity contribution is -0.384. The van der Waals surface area contributed by atoms with E-state index in [0.29, 0.717) is 6.54 Å². The van der Waals surface area contributed by atoms with E-state index < -0.39 is 10.8 Å². The van der Waals surface area contributed by atoms with Crippen molar-refractivity contribution in [1.82, 2.24) is 0 Å². The fraction of sp³-hybridized carbons (Fsp3) is 0.182. The fourth-order valence-corrected chi connectivity index (χ4v) is 1.24. The zero-order valence-corrected chi connectivity index (χ0v) is 9.40. The van der Waals surface area contributed by atoms with Gasteiger partial charge in [0.25, 0.3) is 5.69 Å². The number of benzene rings is 1. The first-order valence-corrected chi connectivity index (χ1v) is 4.88. The van der Waals surface area contributed by atoms with E-state index in [0.717, 1.165) is 5.57 Å². The first-order valence-electron chi connectivity index (χ1n) is 4.88. The molecule has 17 heavy (non-hydrogen) atoms. The molecule has 0 aromatic heterocycles. The molecule has 0 aliphatic heterocycles. The quantitative estimate of drug-likeness (QED) is 0.460. The molecule has 0 atom stereocenters. The smallest absolute Gasteiger partial charge is 0.292 e. The van der Waals surface area contributed by atoms with E-state index in [1.165, 1.54) is 18.2 Å². The number of rotatable bonds is 5. The van der Waals surface area contributed by atoms with Gasteiger partial charge in [0, 0.05) is 18.2 Å². The van der Waals surface area contributed by atoms with Crippen molar-refractivity contribution in [3.05, 3.63) is 46.0 Å². The van der Waals surface area contributed by atoms with E-state index in [-0.39, 0.29) is 16.9 Å². The molecule has 0 aliphatic carbocycles. The van der Waals surface area contributed by atoms with Crippen LogP contribution < -0.4 is 11.1 Å². The van der Waals surface area contributed by atoms with Crippen LogP contribution in [0.3, 0.4) is 0 Å². The van der Waals surface area contributed by atoms with Gasteiger partial charge in [0.2, 0.25) is 5.91 Å². The monoisotopic (exact) mass is 235 g/mol. The summed E-state index contributed by atoms with van der Waals surface area (Å²) in [5.74, 6) is -0.627. The van der Waals surface area contributed by atoms with Crippen LogP contribution in [0.4, 0.5) is 11.4 Å². The van der Waals surface area contributed by atoms with Crippen molar-refractivity contribution in [3.8, 4) is 0 Å². The lowest BCUT2D eigenvalue weighted by Crippen LogP contribution is -2.12. The van der Waals surface area contributed by atoms with Crippen LogP contribution in [0.2, 0.25) is 0 Å². The van der Waals surface area contributed by atoms with E-state index in [2.05, 4.69) is 11.9 Å². The molecule has 0 bridgehead atoms. The molecule has 1 aromatic carbocycles. The maximum Gasteiger partial charge on any atom is 0.292 e. The lowest BCUT2D eigenvalue weighted by atomic mass is 10.1. The Bertz CT molecular complexity index is 483. The normalized spacial score (nSPS) is 9.71. The molecule has 6 nitrogen and oxygen atoms in total. The zero-order valence-electron chi connectivity index (χ0n) is 9.40. The van der Waals surface area contributed by atoms with Gasteiger partial charge in [0.1, 0.15) is 5.69 Å². The van der Waals surface area contributed by atoms with Crippen molar-refractivity contribution in [1.29, 1.82) is 0 Å². The molecular formula is C11H13N3O3. The highest BCUT2D eigenvalue weighted by atomic mass is 16.6. The zero-order chi connectivity index (χ0) is 13.0. The Labute approximate surface area is 98.3 Å². The summed E-state index contributed by atoms with van der Waals surface area (Å²) in [4.78, 5) is 21.2. The molecule has 0 saturated heterocycles. The lowest BCUT2D eigenvalue weighted by Gasteiger charge is -2.07. The predicted octanol–water partition coefficient (Wildman–Crippen LogP) is 1.68. The molecule has 0 spiro atoms. The third-order valence-electron chi connectivity index (χ3n) is 2.06. The summed E-state index contributed by atoms with van der Waals surface area (Å²) in [6.07, 6.45) is 0. The van der Waals surface area contributed by atoms with Crippen molar-refractivity contribution < 1.29 is 9.72 Å². The van der Waals surface area contributed by atoms with E-state index >= 15 is 0 Å². The number of hydrogen-bond acceptors (Lipinski definition) is 4. The highest BCUT2D eigenvalue weighted by Gasteiger charge is 2.15. The molecule has 1 amide bonds. The van der Waals surface area contributed by atoms with Crippen LogP contribution in [0.1, 0.15) is 17.3 Å². The number of carbonyl (C=O) groups excluding carboxylic acids is 1. The minimum atomic E-state index is -0.627. The number of nitrogens with two attached hydrogens (primary N) is 1. The van der Waals surface area contributed by atoms with Crippen LogP contribution >= 0.6 is 0 Å². The van der Waals surface area contributed by atoms with Crippen LogP contribution in [-0.2, 0) is 0 Å². The summed E-state index contributed by atoms with van der Waals surface area (Å²) in [6.45, 7) is 5.86. The average Bonchev–Trinajstić information content (AvgIpc) is 2.25. The van der Waals surface area contributed by atoms with Gasteiger partial charge in [-0.1, -0.05) is 12.2 Å². The number of nitrogens with zero attached hydrogens (tertiary/aromatic N) is 1. The standard InChI is InChI=1S/C11H13N3O3/c1-7(2)6-13-9-5-8(11(12)15)3-4-10(9)14(16)17/h3-5,13H,1,6H2,2H3,(H2,12,15). The number of anilines is 1. The third-order valence-corrected chi connectivity index (χ3v) is 2.06. The second-order valence-electron chi connectivity index (χ2n) is 3.66. The number of nitrogens with one attached hydrogen (secondary N) is 1. The minimum absolute atomic E-state index is 0.101. The van der Waals surface area contributed by atoms with Gasteiger partial charge in [-0.2, -0.15) is 0 Å². The van der Waals surface area contributed by atoms with Crippen LogP contribution in [-0.4, -0.2) is 17.4 Å². The van der Waals surface area contributed by atoms with Crippen molar-refractivity contribution in [2.75, 3.05) is 11.9 Å². The van der Waals surface area contributed by atoms with Crippen molar-refractivity contribution in [3.63, 3.8) is 0 Å². The predicted molar refractivity (Wildman–Crippen MR) is 64.9 cm³/mol. The number of nitro benzene ring substituents is 1. The van der Waals surface area contributed by atoms with Gasteiger partial charge < -0.3 is 11.1 Å². The molecule has 1 rings (SSSR count). The number of primary amides is 1. The molecule has 0 radical (unpaired) electrons. The van der Waals surface area contributed by atoms with Gasteiger partial charge in [-0.15, -0.1) is 0 Å². The fourth-order valence-electron chi connectivity index (χ4n) is 1.24. The van der Waals surface area contributed by atoms with Gasteiger partial charge in [0.05, 0.1) is 4.92 Å². The largest absolute Gasteiger partial charge is 0.376 e. The van der Waals surface area contributed by atoms with Gasteiger partial charge in [-0.05, 0) is 19.1 Å². The summed E-state index contributed by atoms with van der Waals surface area (Å²) in [6, 6.07) is 3.94. The van der Waals surface area contributed by atoms with Gasteiger partial charge in [-0.25, -0.2) is 0 Å². The highest BCUT2D eigenvalue weighted by Crippen LogP contribution is 2.25. The van der Waals surface area contributed by atoms with E-state index in [9.17, 15) is 14.9 Å². The molecule has 1 aromatic rings. The molecular weight excluding hydrogens is 222 g/mol. The SMILES string of the molecule is C=C(C)CNc1cc(C(N)=O)ccc1[N+](=O)[O-]. The third kappa shape index (κ3) is 3.30. The summed E-state index contributed by atoms with van der Waals surface area (Å²) in [7, 11) is 0. The van der Waals surface area contributed by atoms with E-state index in [1.807, 2.05) is 0 Å². The van der Waals surface area contributed by atoms with Crippen LogP contribution in [0.15, 0.2) is 30.4 Å². The number of amides is 1. The summed E-state index contributed by atoms with van der Waals surface area (Å²) < 4.78 is 0.